The van der Waals surface area contributed by atoms with Crippen LogP contribution in [-0.2, 0) is 24.4 Å². The van der Waals surface area contributed by atoms with Crippen LogP contribution in [0, 0.1) is 0 Å². The molecule has 42 heavy (non-hydrogen) atoms. The van der Waals surface area contributed by atoms with Crippen molar-refractivity contribution in [1.82, 2.24) is 20.1 Å². The molecule has 1 aromatic heterocycles. The molecule has 1 fully saturated rings. The van der Waals surface area contributed by atoms with Crippen molar-refractivity contribution in [3.63, 3.8) is 0 Å². The molecule has 4 aromatic rings. The van der Waals surface area contributed by atoms with E-state index in [9.17, 15) is 9.90 Å². The van der Waals surface area contributed by atoms with E-state index in [0.717, 1.165) is 60.4 Å². The third kappa shape index (κ3) is 8.42. The summed E-state index contributed by atoms with van der Waals surface area (Å²) in [5.41, 5.74) is 3.85. The van der Waals surface area contributed by atoms with Crippen LogP contribution in [0.15, 0.2) is 84.9 Å². The Labute approximate surface area is 246 Å². The van der Waals surface area contributed by atoms with Crippen LogP contribution in [0.4, 0.5) is 4.79 Å². The van der Waals surface area contributed by atoms with Crippen molar-refractivity contribution in [3.05, 3.63) is 102 Å². The van der Waals surface area contributed by atoms with Gasteiger partial charge in [-0.05, 0) is 35.4 Å². The second-order valence-corrected chi connectivity index (χ2v) is 10.4. The molecule has 1 aliphatic heterocycles. The lowest BCUT2D eigenvalue weighted by Gasteiger charge is -2.35. The van der Waals surface area contributed by atoms with Crippen LogP contribution in [0.1, 0.15) is 16.8 Å². The number of nitrogens with zero attached hydrogens (tertiary/aromatic N) is 3. The van der Waals surface area contributed by atoms with Crippen molar-refractivity contribution in [3.8, 4) is 11.5 Å². The lowest BCUT2D eigenvalue weighted by atomic mass is 10.2. The lowest BCUT2D eigenvalue weighted by Crippen LogP contribution is -2.48. The zero-order valence-electron chi connectivity index (χ0n) is 23.9. The van der Waals surface area contributed by atoms with E-state index in [4.69, 9.17) is 19.2 Å². The minimum absolute atomic E-state index is 0.133. The molecule has 1 aliphatic rings. The minimum Gasteiger partial charge on any atom is -0.493 e. The first-order valence-electron chi connectivity index (χ1n) is 14.3. The minimum atomic E-state index is -0.654. The average molecular weight is 571 g/mol. The number of hydrogen-bond donors (Lipinski definition) is 2. The number of piperazine rings is 1. The Hall–Kier alpha value is -4.18. The molecular weight excluding hydrogens is 532 g/mol. The Morgan fingerprint density at radius 3 is 2.48 bits per heavy atom. The maximum Gasteiger partial charge on any atom is 0.407 e. The Morgan fingerprint density at radius 1 is 0.905 bits per heavy atom. The largest absolute Gasteiger partial charge is 0.493 e. The van der Waals surface area contributed by atoms with Crippen LogP contribution in [0.5, 0.6) is 11.5 Å². The SMILES string of the molecule is COc1ccc(CNC(=O)OCc2ccccc2)cc1OCC(O)CN1CCN(Cc2ccc3ccccc3n2)CC1. The van der Waals surface area contributed by atoms with Gasteiger partial charge in [0.05, 0.1) is 18.3 Å². The van der Waals surface area contributed by atoms with Gasteiger partial charge in [0.1, 0.15) is 19.3 Å². The van der Waals surface area contributed by atoms with Gasteiger partial charge < -0.3 is 24.6 Å². The van der Waals surface area contributed by atoms with Crippen molar-refractivity contribution < 1.29 is 24.1 Å². The van der Waals surface area contributed by atoms with E-state index < -0.39 is 12.2 Å². The lowest BCUT2D eigenvalue weighted by molar-refractivity contribution is 0.0438. The topological polar surface area (TPSA) is 96.4 Å². The summed E-state index contributed by atoms with van der Waals surface area (Å²) in [6.07, 6.45) is -1.15. The van der Waals surface area contributed by atoms with E-state index in [1.54, 1.807) is 13.2 Å². The third-order valence-electron chi connectivity index (χ3n) is 7.28. The number of carbonyl (C=O) groups excluding carboxylic acids is 1. The number of amides is 1. The van der Waals surface area contributed by atoms with Gasteiger partial charge in [0, 0.05) is 51.2 Å². The molecule has 5 rings (SSSR count). The van der Waals surface area contributed by atoms with Crippen molar-refractivity contribution in [2.24, 2.45) is 0 Å². The van der Waals surface area contributed by atoms with Gasteiger partial charge in [-0.1, -0.05) is 60.7 Å². The molecule has 1 atom stereocenters. The standard InChI is InChI=1S/C33H38N4O5/c1-40-31-14-11-26(20-34-33(39)42-23-25-7-3-2-4-8-25)19-32(31)41-24-29(38)22-37-17-15-36(16-18-37)21-28-13-12-27-9-5-6-10-30(27)35-28/h2-14,19,29,38H,15-18,20-24H2,1H3,(H,34,39). The van der Waals surface area contributed by atoms with Gasteiger partial charge in [-0.25, -0.2) is 4.79 Å². The second kappa shape index (κ2) is 14.6. The molecule has 0 spiro atoms. The maximum absolute atomic E-state index is 12.1. The fourth-order valence-corrected chi connectivity index (χ4v) is 4.98. The summed E-state index contributed by atoms with van der Waals surface area (Å²) in [4.78, 5) is 21.6. The Kier molecular flexibility index (Phi) is 10.2. The molecule has 2 heterocycles. The first kappa shape index (κ1) is 29.3. The predicted molar refractivity (Wildman–Crippen MR) is 161 cm³/mol. The Morgan fingerprint density at radius 2 is 1.67 bits per heavy atom. The van der Waals surface area contributed by atoms with Gasteiger partial charge in [-0.3, -0.25) is 14.8 Å². The third-order valence-corrected chi connectivity index (χ3v) is 7.28. The molecular formula is C33H38N4O5. The number of β-amino-alcohol motifs (C(OH)–C–C–N with tert-alkyl or cyclic N) is 1. The Balaban J connectivity index is 1.04. The van der Waals surface area contributed by atoms with Crippen molar-refractivity contribution in [2.45, 2.75) is 25.8 Å². The first-order chi connectivity index (χ1) is 20.6. The number of benzene rings is 3. The molecule has 9 nitrogen and oxygen atoms in total. The van der Waals surface area contributed by atoms with E-state index in [1.807, 2.05) is 60.7 Å². The number of aliphatic hydroxyl groups is 1. The number of ether oxygens (including phenoxy) is 3. The Bertz CT molecular complexity index is 1440. The molecule has 3 aromatic carbocycles. The molecule has 0 saturated carbocycles. The normalized spacial score (nSPS) is 14.8. The predicted octanol–water partition coefficient (Wildman–Crippen LogP) is 4.23. The van der Waals surface area contributed by atoms with Crippen LogP contribution in [-0.4, -0.2) is 78.5 Å². The van der Waals surface area contributed by atoms with Gasteiger partial charge >= 0.3 is 6.09 Å². The number of para-hydroxylation sites is 1. The fraction of sp³-hybridized carbons (Fsp3) is 0.333. The highest BCUT2D eigenvalue weighted by Gasteiger charge is 2.20. The summed E-state index contributed by atoms with van der Waals surface area (Å²) >= 11 is 0. The number of carbonyl (C=O) groups is 1. The number of alkyl carbamates (subject to hydrolysis) is 1. The first-order valence-corrected chi connectivity index (χ1v) is 14.3. The number of aromatic nitrogens is 1. The molecule has 0 radical (unpaired) electrons. The monoisotopic (exact) mass is 570 g/mol. The molecule has 9 heteroatoms. The van der Waals surface area contributed by atoms with Crippen LogP contribution < -0.4 is 14.8 Å². The summed E-state index contributed by atoms with van der Waals surface area (Å²) in [6.45, 7) is 5.53. The number of fused-ring (bicyclic) bond motifs is 1. The van der Waals surface area contributed by atoms with Crippen LogP contribution in [0.25, 0.3) is 10.9 Å². The zero-order chi connectivity index (χ0) is 29.1. The molecule has 2 N–H and O–H groups in total. The van der Waals surface area contributed by atoms with Crippen LogP contribution in [0.3, 0.4) is 0 Å². The number of hydrogen-bond acceptors (Lipinski definition) is 8. The number of nitrogens with one attached hydrogen (secondary N) is 1. The highest BCUT2D eigenvalue weighted by Crippen LogP contribution is 2.28. The highest BCUT2D eigenvalue weighted by atomic mass is 16.5. The van der Waals surface area contributed by atoms with Gasteiger partial charge in [0.25, 0.3) is 0 Å². The zero-order valence-corrected chi connectivity index (χ0v) is 23.9. The van der Waals surface area contributed by atoms with Gasteiger partial charge in [0.2, 0.25) is 0 Å². The quantitative estimate of drug-likeness (QED) is 0.261. The van der Waals surface area contributed by atoms with E-state index in [2.05, 4.69) is 33.3 Å². The number of methoxy groups -OCH3 is 1. The summed E-state index contributed by atoms with van der Waals surface area (Å²) in [6, 6.07) is 27.4. The number of rotatable bonds is 12. The average Bonchev–Trinajstić information content (AvgIpc) is 3.03. The molecule has 1 unspecified atom stereocenters. The molecule has 0 aliphatic carbocycles. The molecule has 220 valence electrons. The van der Waals surface area contributed by atoms with Gasteiger partial charge in [-0.15, -0.1) is 0 Å². The second-order valence-electron chi connectivity index (χ2n) is 10.4. The fourth-order valence-electron chi connectivity index (χ4n) is 4.98. The number of aliphatic hydroxyl groups excluding tert-OH is 1. The van der Waals surface area contributed by atoms with Crippen molar-refractivity contribution in [1.29, 1.82) is 0 Å². The van der Waals surface area contributed by atoms with E-state index in [0.29, 0.717) is 18.0 Å². The van der Waals surface area contributed by atoms with Crippen molar-refractivity contribution >= 4 is 17.0 Å². The number of pyridine rings is 1. The summed E-state index contributed by atoms with van der Waals surface area (Å²) in [5.74, 6) is 1.08. The molecule has 0 bridgehead atoms. The highest BCUT2D eigenvalue weighted by molar-refractivity contribution is 5.78. The molecule has 1 saturated heterocycles. The van der Waals surface area contributed by atoms with Gasteiger partial charge in [-0.2, -0.15) is 0 Å². The smallest absolute Gasteiger partial charge is 0.407 e. The summed E-state index contributed by atoms with van der Waals surface area (Å²) in [5, 5.41) is 14.6. The van der Waals surface area contributed by atoms with E-state index >= 15 is 0 Å². The summed E-state index contributed by atoms with van der Waals surface area (Å²) in [7, 11) is 1.57. The molecule has 1 amide bonds. The summed E-state index contributed by atoms with van der Waals surface area (Å²) < 4.78 is 16.7. The van der Waals surface area contributed by atoms with Crippen LogP contribution in [0.2, 0.25) is 0 Å². The van der Waals surface area contributed by atoms with E-state index in [1.165, 1.54) is 0 Å². The van der Waals surface area contributed by atoms with Gasteiger partial charge in [0.15, 0.2) is 11.5 Å². The van der Waals surface area contributed by atoms with Crippen molar-refractivity contribution in [2.75, 3.05) is 46.4 Å². The van der Waals surface area contributed by atoms with Crippen LogP contribution >= 0.6 is 0 Å². The van der Waals surface area contributed by atoms with E-state index in [-0.39, 0.29) is 19.8 Å². The maximum atomic E-state index is 12.1.